The zero-order valence-corrected chi connectivity index (χ0v) is 14.2. The predicted molar refractivity (Wildman–Crippen MR) is 92.1 cm³/mol. The molecular formula is C18H23N3O3. The Morgan fingerprint density at radius 2 is 1.96 bits per heavy atom. The van der Waals surface area contributed by atoms with E-state index in [1.165, 1.54) is 0 Å². The second-order valence-electron chi connectivity index (χ2n) is 6.40. The SMILES string of the molecule is Cc1cc(N2C[C@@H](O)[C@H](OC(C)C)C2)nc(-c2ccccc2O)n1. The summed E-state index contributed by atoms with van der Waals surface area (Å²) in [5.41, 5.74) is 1.40. The van der Waals surface area contributed by atoms with Crippen LogP contribution >= 0.6 is 0 Å². The van der Waals surface area contributed by atoms with Crippen LogP contribution in [0, 0.1) is 6.92 Å². The second kappa shape index (κ2) is 6.75. The third-order valence-electron chi connectivity index (χ3n) is 3.99. The molecule has 1 fully saturated rings. The van der Waals surface area contributed by atoms with Gasteiger partial charge in [-0.15, -0.1) is 0 Å². The Morgan fingerprint density at radius 3 is 2.67 bits per heavy atom. The van der Waals surface area contributed by atoms with Gasteiger partial charge < -0.3 is 19.8 Å². The molecule has 1 aliphatic heterocycles. The molecule has 2 aromatic rings. The minimum atomic E-state index is -0.545. The molecular weight excluding hydrogens is 306 g/mol. The quantitative estimate of drug-likeness (QED) is 0.895. The Labute approximate surface area is 141 Å². The number of aryl methyl sites for hydroxylation is 1. The van der Waals surface area contributed by atoms with Gasteiger partial charge in [0.2, 0.25) is 0 Å². The average Bonchev–Trinajstić information content (AvgIpc) is 2.87. The number of β-amino-alcohol motifs (C(OH)–C–C–N with tert-alkyl or cyclic N) is 1. The van der Waals surface area contributed by atoms with Gasteiger partial charge in [-0.3, -0.25) is 0 Å². The van der Waals surface area contributed by atoms with Crippen molar-refractivity contribution in [3.05, 3.63) is 36.0 Å². The first-order valence-corrected chi connectivity index (χ1v) is 8.16. The third kappa shape index (κ3) is 3.49. The number of hydrogen-bond acceptors (Lipinski definition) is 6. The summed E-state index contributed by atoms with van der Waals surface area (Å²) in [7, 11) is 0. The fraction of sp³-hybridized carbons (Fsp3) is 0.444. The first-order chi connectivity index (χ1) is 11.4. The lowest BCUT2D eigenvalue weighted by molar-refractivity contribution is -0.0386. The normalized spacial score (nSPS) is 20.8. The van der Waals surface area contributed by atoms with Gasteiger partial charge in [0.1, 0.15) is 17.7 Å². The van der Waals surface area contributed by atoms with Crippen molar-refractivity contribution < 1.29 is 14.9 Å². The van der Waals surface area contributed by atoms with Gasteiger partial charge >= 0.3 is 0 Å². The Morgan fingerprint density at radius 1 is 1.21 bits per heavy atom. The molecule has 1 aromatic heterocycles. The molecule has 0 aliphatic carbocycles. The number of phenols is 1. The number of phenolic OH excluding ortho intramolecular Hbond substituents is 1. The molecule has 0 bridgehead atoms. The molecule has 24 heavy (non-hydrogen) atoms. The number of nitrogens with zero attached hydrogens (tertiary/aromatic N) is 3. The van der Waals surface area contributed by atoms with Gasteiger partial charge in [0, 0.05) is 24.8 Å². The number of ether oxygens (including phenoxy) is 1. The van der Waals surface area contributed by atoms with E-state index in [0.717, 1.165) is 11.5 Å². The maximum atomic E-state index is 10.2. The number of anilines is 1. The second-order valence-corrected chi connectivity index (χ2v) is 6.40. The van der Waals surface area contributed by atoms with E-state index in [0.29, 0.717) is 24.5 Å². The van der Waals surface area contributed by atoms with Gasteiger partial charge in [-0.25, -0.2) is 9.97 Å². The average molecular weight is 329 g/mol. The van der Waals surface area contributed by atoms with E-state index >= 15 is 0 Å². The highest BCUT2D eigenvalue weighted by Crippen LogP contribution is 2.29. The van der Waals surface area contributed by atoms with E-state index in [2.05, 4.69) is 9.97 Å². The molecule has 0 spiro atoms. The minimum absolute atomic E-state index is 0.0635. The van der Waals surface area contributed by atoms with Crippen LogP contribution in [-0.2, 0) is 4.74 Å². The zero-order valence-electron chi connectivity index (χ0n) is 14.2. The van der Waals surface area contributed by atoms with E-state index in [-0.39, 0.29) is 18.0 Å². The Balaban J connectivity index is 1.89. The van der Waals surface area contributed by atoms with E-state index < -0.39 is 6.10 Å². The number of aliphatic hydroxyl groups is 1. The molecule has 1 aromatic carbocycles. The van der Waals surface area contributed by atoms with Crippen LogP contribution < -0.4 is 4.90 Å². The lowest BCUT2D eigenvalue weighted by atomic mass is 10.2. The molecule has 2 N–H and O–H groups in total. The van der Waals surface area contributed by atoms with Crippen molar-refractivity contribution in [2.75, 3.05) is 18.0 Å². The lowest BCUT2D eigenvalue weighted by Crippen LogP contribution is -2.29. The van der Waals surface area contributed by atoms with Gasteiger partial charge in [0.25, 0.3) is 0 Å². The molecule has 6 heteroatoms. The van der Waals surface area contributed by atoms with Crippen LogP contribution in [0.3, 0.4) is 0 Å². The van der Waals surface area contributed by atoms with Crippen LogP contribution in [0.4, 0.5) is 5.82 Å². The van der Waals surface area contributed by atoms with Crippen molar-refractivity contribution >= 4 is 5.82 Å². The highest BCUT2D eigenvalue weighted by atomic mass is 16.5. The number of para-hydroxylation sites is 1. The fourth-order valence-corrected chi connectivity index (χ4v) is 2.92. The van der Waals surface area contributed by atoms with Crippen molar-refractivity contribution in [3.63, 3.8) is 0 Å². The van der Waals surface area contributed by atoms with Crippen molar-refractivity contribution in [1.82, 2.24) is 9.97 Å². The van der Waals surface area contributed by atoms with Crippen LogP contribution in [-0.4, -0.2) is 51.6 Å². The van der Waals surface area contributed by atoms with E-state index in [4.69, 9.17) is 4.74 Å². The summed E-state index contributed by atoms with van der Waals surface area (Å²) in [6.07, 6.45) is -0.710. The van der Waals surface area contributed by atoms with Crippen LogP contribution in [0.25, 0.3) is 11.4 Å². The first-order valence-electron chi connectivity index (χ1n) is 8.16. The van der Waals surface area contributed by atoms with E-state index in [1.54, 1.807) is 18.2 Å². The third-order valence-corrected chi connectivity index (χ3v) is 3.99. The van der Waals surface area contributed by atoms with Gasteiger partial charge in [0.15, 0.2) is 5.82 Å². The Kier molecular flexibility index (Phi) is 4.69. The topological polar surface area (TPSA) is 78.7 Å². The largest absolute Gasteiger partial charge is 0.507 e. The molecule has 2 atom stereocenters. The molecule has 1 aliphatic rings. The van der Waals surface area contributed by atoms with Gasteiger partial charge in [-0.05, 0) is 32.9 Å². The lowest BCUT2D eigenvalue weighted by Gasteiger charge is -2.19. The van der Waals surface area contributed by atoms with Crippen molar-refractivity contribution in [1.29, 1.82) is 0 Å². The molecule has 2 heterocycles. The van der Waals surface area contributed by atoms with Gasteiger partial charge in [-0.1, -0.05) is 12.1 Å². The van der Waals surface area contributed by atoms with Crippen LogP contribution in [0.1, 0.15) is 19.5 Å². The molecule has 1 saturated heterocycles. The Bertz CT molecular complexity index is 720. The molecule has 3 rings (SSSR count). The Hall–Kier alpha value is -2.18. The van der Waals surface area contributed by atoms with Crippen LogP contribution in [0.2, 0.25) is 0 Å². The molecule has 6 nitrogen and oxygen atoms in total. The number of benzene rings is 1. The summed E-state index contributed by atoms with van der Waals surface area (Å²) < 4.78 is 5.76. The standard InChI is InChI=1S/C18H23N3O3/c1-11(2)24-16-10-21(9-15(16)23)17-8-12(3)19-18(20-17)13-6-4-5-7-14(13)22/h4-8,11,15-16,22-23H,9-10H2,1-3H3/t15-,16-/m1/s1. The van der Waals surface area contributed by atoms with Gasteiger partial charge in [0.05, 0.1) is 17.8 Å². The molecule has 0 saturated carbocycles. The van der Waals surface area contributed by atoms with Crippen molar-refractivity contribution in [2.24, 2.45) is 0 Å². The summed E-state index contributed by atoms with van der Waals surface area (Å²) in [6.45, 7) is 6.86. The summed E-state index contributed by atoms with van der Waals surface area (Å²) in [6, 6.07) is 8.89. The fourth-order valence-electron chi connectivity index (χ4n) is 2.92. The summed E-state index contributed by atoms with van der Waals surface area (Å²) in [5, 5.41) is 20.3. The summed E-state index contributed by atoms with van der Waals surface area (Å²) in [5.74, 6) is 1.36. The summed E-state index contributed by atoms with van der Waals surface area (Å²) in [4.78, 5) is 11.0. The zero-order chi connectivity index (χ0) is 17.3. The molecule has 0 unspecified atom stereocenters. The maximum Gasteiger partial charge on any atom is 0.165 e. The van der Waals surface area contributed by atoms with Crippen molar-refractivity contribution in [2.45, 2.75) is 39.1 Å². The van der Waals surface area contributed by atoms with Crippen LogP contribution in [0.15, 0.2) is 30.3 Å². The number of rotatable bonds is 4. The van der Waals surface area contributed by atoms with E-state index in [1.807, 2.05) is 37.8 Å². The highest BCUT2D eigenvalue weighted by Gasteiger charge is 2.33. The summed E-state index contributed by atoms with van der Waals surface area (Å²) >= 11 is 0. The number of aliphatic hydroxyl groups excluding tert-OH is 1. The monoisotopic (exact) mass is 329 g/mol. The number of aromatic hydroxyl groups is 1. The molecule has 128 valence electrons. The first kappa shape index (κ1) is 16.7. The minimum Gasteiger partial charge on any atom is -0.507 e. The van der Waals surface area contributed by atoms with Crippen LogP contribution in [0.5, 0.6) is 5.75 Å². The smallest absolute Gasteiger partial charge is 0.165 e. The maximum absolute atomic E-state index is 10.2. The predicted octanol–water partition coefficient (Wildman–Crippen LogP) is 2.13. The molecule has 0 amide bonds. The number of aromatic nitrogens is 2. The van der Waals surface area contributed by atoms with Crippen molar-refractivity contribution in [3.8, 4) is 17.1 Å². The van der Waals surface area contributed by atoms with E-state index in [9.17, 15) is 10.2 Å². The highest BCUT2D eigenvalue weighted by molar-refractivity contribution is 5.65. The number of hydrogen-bond donors (Lipinski definition) is 2. The van der Waals surface area contributed by atoms with Gasteiger partial charge in [-0.2, -0.15) is 0 Å². The molecule has 0 radical (unpaired) electrons.